The molecule has 2 N–H and O–H groups in total. The Hall–Kier alpha value is -3.96. The van der Waals surface area contributed by atoms with Gasteiger partial charge in [-0.05, 0) is 43.0 Å². The third-order valence-electron chi connectivity index (χ3n) is 7.33. The van der Waals surface area contributed by atoms with Crippen LogP contribution in [0.4, 0.5) is 10.5 Å². The summed E-state index contributed by atoms with van der Waals surface area (Å²) in [5.74, 6) is -0.128. The second kappa shape index (κ2) is 12.5. The van der Waals surface area contributed by atoms with Crippen LogP contribution >= 0.6 is 11.3 Å². The summed E-state index contributed by atoms with van der Waals surface area (Å²) in [7, 11) is 1.60. The third-order valence-corrected chi connectivity index (χ3v) is 8.16. The zero-order chi connectivity index (χ0) is 28.1. The van der Waals surface area contributed by atoms with E-state index < -0.39 is 0 Å². The Morgan fingerprint density at radius 1 is 1.15 bits per heavy atom. The zero-order valence-corrected chi connectivity index (χ0v) is 23.6. The highest BCUT2D eigenvalue weighted by Crippen LogP contribution is 2.26. The van der Waals surface area contributed by atoms with Crippen LogP contribution in [0.2, 0.25) is 0 Å². The van der Waals surface area contributed by atoms with Gasteiger partial charge in [-0.1, -0.05) is 37.3 Å². The van der Waals surface area contributed by atoms with Gasteiger partial charge >= 0.3 is 11.7 Å². The number of ether oxygens (including phenoxy) is 1. The number of carbonyl (C=O) groups excluding carboxylic acids is 2. The SMILES string of the molecule is CCc1ccccc1NC(=O)N(CCOC)Cc1nc(C(=O)N2CCC(n3c(=O)[nH]c4ccccc43)CC2)cs1. The van der Waals surface area contributed by atoms with Crippen molar-refractivity contribution >= 4 is 40.0 Å². The summed E-state index contributed by atoms with van der Waals surface area (Å²) in [5.41, 5.74) is 3.82. The lowest BCUT2D eigenvalue weighted by Crippen LogP contribution is -2.40. The number of carbonyl (C=O) groups is 2. The molecule has 11 heteroatoms. The van der Waals surface area contributed by atoms with Crippen molar-refractivity contribution in [1.82, 2.24) is 24.3 Å². The van der Waals surface area contributed by atoms with E-state index in [0.717, 1.165) is 28.7 Å². The van der Waals surface area contributed by atoms with Gasteiger partial charge in [-0.3, -0.25) is 9.36 Å². The largest absolute Gasteiger partial charge is 0.383 e. The molecule has 0 saturated carbocycles. The summed E-state index contributed by atoms with van der Waals surface area (Å²) in [5, 5.41) is 5.45. The molecule has 2 aromatic heterocycles. The number of likely N-dealkylation sites (tertiary alicyclic amines) is 1. The van der Waals surface area contributed by atoms with Crippen molar-refractivity contribution in [2.24, 2.45) is 0 Å². The van der Waals surface area contributed by atoms with E-state index in [4.69, 9.17) is 4.74 Å². The predicted molar refractivity (Wildman–Crippen MR) is 156 cm³/mol. The van der Waals surface area contributed by atoms with E-state index in [1.54, 1.807) is 22.3 Å². The van der Waals surface area contributed by atoms with Crippen molar-refractivity contribution in [1.29, 1.82) is 0 Å². The number of nitrogens with one attached hydrogen (secondary N) is 2. The second-order valence-corrected chi connectivity index (χ2v) is 10.8. The van der Waals surface area contributed by atoms with Gasteiger partial charge in [-0.15, -0.1) is 11.3 Å². The number of aromatic nitrogens is 3. The van der Waals surface area contributed by atoms with Gasteiger partial charge in [-0.2, -0.15) is 0 Å². The number of aromatic amines is 1. The number of aryl methyl sites for hydroxylation is 1. The maximum Gasteiger partial charge on any atom is 0.326 e. The zero-order valence-electron chi connectivity index (χ0n) is 22.8. The number of fused-ring (bicyclic) bond motifs is 1. The Morgan fingerprint density at radius 2 is 1.90 bits per heavy atom. The molecule has 40 heavy (non-hydrogen) atoms. The average molecular weight is 563 g/mol. The first-order chi connectivity index (χ1) is 19.5. The van der Waals surface area contributed by atoms with E-state index >= 15 is 0 Å². The quantitative estimate of drug-likeness (QED) is 0.312. The minimum atomic E-state index is -0.240. The number of piperidine rings is 1. The monoisotopic (exact) mass is 562 g/mol. The third kappa shape index (κ3) is 5.95. The lowest BCUT2D eigenvalue weighted by Gasteiger charge is -2.32. The molecule has 5 rings (SSSR count). The van der Waals surface area contributed by atoms with Crippen LogP contribution in [0.5, 0.6) is 0 Å². The number of thiazole rings is 1. The molecular weight excluding hydrogens is 528 g/mol. The highest BCUT2D eigenvalue weighted by molar-refractivity contribution is 7.09. The van der Waals surface area contributed by atoms with Crippen LogP contribution in [0.25, 0.3) is 11.0 Å². The number of nitrogens with zero attached hydrogens (tertiary/aromatic N) is 4. The maximum atomic E-state index is 13.3. The molecule has 0 unspecified atom stereocenters. The van der Waals surface area contributed by atoms with Gasteiger partial charge in [0, 0.05) is 43.9 Å². The van der Waals surface area contributed by atoms with Crippen LogP contribution in [-0.2, 0) is 17.7 Å². The fourth-order valence-electron chi connectivity index (χ4n) is 5.17. The maximum absolute atomic E-state index is 13.3. The van der Waals surface area contributed by atoms with Crippen molar-refractivity contribution in [3.63, 3.8) is 0 Å². The number of amides is 3. The molecule has 0 bridgehead atoms. The van der Waals surface area contributed by atoms with Gasteiger partial charge in [0.15, 0.2) is 0 Å². The molecule has 2 aromatic carbocycles. The van der Waals surface area contributed by atoms with E-state index in [2.05, 4.69) is 15.3 Å². The standard InChI is InChI=1S/C29H34N6O4S/c1-3-20-8-4-5-9-22(20)31-28(37)34(16-17-39-2)18-26-30-24(19-40-26)27(36)33-14-12-21(13-15-33)35-25-11-7-6-10-23(25)32-29(35)38/h4-11,19,21H,3,12-18H2,1-2H3,(H,31,37)(H,32,38). The average Bonchev–Trinajstić information content (AvgIpc) is 3.58. The molecule has 3 amide bonds. The Kier molecular flexibility index (Phi) is 8.61. The smallest absolute Gasteiger partial charge is 0.326 e. The van der Waals surface area contributed by atoms with Gasteiger partial charge in [0.05, 0.1) is 24.2 Å². The fraction of sp³-hybridized carbons (Fsp3) is 0.379. The van der Waals surface area contributed by atoms with E-state index in [1.807, 2.05) is 60.0 Å². The number of benzene rings is 2. The molecular formula is C29H34N6O4S. The summed E-state index contributed by atoms with van der Waals surface area (Å²) in [4.78, 5) is 50.0. The van der Waals surface area contributed by atoms with Gasteiger partial charge < -0.3 is 24.8 Å². The van der Waals surface area contributed by atoms with Gasteiger partial charge in [-0.25, -0.2) is 14.6 Å². The van der Waals surface area contributed by atoms with Crippen molar-refractivity contribution in [3.8, 4) is 0 Å². The van der Waals surface area contributed by atoms with E-state index in [-0.39, 0.29) is 30.2 Å². The normalized spacial score (nSPS) is 14.0. The van der Waals surface area contributed by atoms with Crippen LogP contribution in [0.1, 0.15) is 46.9 Å². The van der Waals surface area contributed by atoms with Crippen molar-refractivity contribution in [2.45, 2.75) is 38.8 Å². The highest BCUT2D eigenvalue weighted by Gasteiger charge is 2.28. The van der Waals surface area contributed by atoms with E-state index in [1.165, 1.54) is 11.3 Å². The summed E-state index contributed by atoms with van der Waals surface area (Å²) < 4.78 is 7.04. The minimum Gasteiger partial charge on any atom is -0.383 e. The number of anilines is 1. The van der Waals surface area contributed by atoms with Crippen LogP contribution in [-0.4, -0.2) is 69.6 Å². The Labute approximate surface area is 236 Å². The lowest BCUT2D eigenvalue weighted by molar-refractivity contribution is 0.0689. The fourth-order valence-corrected chi connectivity index (χ4v) is 5.95. The van der Waals surface area contributed by atoms with Crippen LogP contribution in [0, 0.1) is 0 Å². The molecule has 3 heterocycles. The summed E-state index contributed by atoms with van der Waals surface area (Å²) >= 11 is 1.37. The van der Waals surface area contributed by atoms with Crippen LogP contribution in [0.3, 0.4) is 0 Å². The van der Waals surface area contributed by atoms with Crippen molar-refractivity contribution in [2.75, 3.05) is 38.7 Å². The van der Waals surface area contributed by atoms with Gasteiger partial charge in [0.2, 0.25) is 0 Å². The lowest BCUT2D eigenvalue weighted by atomic mass is 10.0. The van der Waals surface area contributed by atoms with Crippen LogP contribution < -0.4 is 11.0 Å². The number of imidazole rings is 1. The molecule has 0 aliphatic carbocycles. The molecule has 1 aliphatic rings. The Bertz CT molecular complexity index is 1530. The molecule has 0 spiro atoms. The Balaban J connectivity index is 1.22. The molecule has 4 aromatic rings. The molecule has 10 nitrogen and oxygen atoms in total. The highest BCUT2D eigenvalue weighted by atomic mass is 32.1. The van der Waals surface area contributed by atoms with Gasteiger partial charge in [0.25, 0.3) is 5.91 Å². The molecule has 210 valence electrons. The first-order valence-corrected chi connectivity index (χ1v) is 14.4. The topological polar surface area (TPSA) is 113 Å². The number of methoxy groups -OCH3 is 1. The number of H-pyrrole nitrogens is 1. The van der Waals surface area contributed by atoms with Crippen molar-refractivity contribution < 1.29 is 14.3 Å². The van der Waals surface area contributed by atoms with Crippen LogP contribution in [0.15, 0.2) is 58.7 Å². The summed E-state index contributed by atoms with van der Waals surface area (Å²) in [6, 6.07) is 15.2. The number of hydrogen-bond acceptors (Lipinski definition) is 6. The number of rotatable bonds is 9. The predicted octanol–water partition coefficient (Wildman–Crippen LogP) is 4.51. The Morgan fingerprint density at radius 3 is 2.67 bits per heavy atom. The van der Waals surface area contributed by atoms with E-state index in [9.17, 15) is 14.4 Å². The number of hydrogen-bond donors (Lipinski definition) is 2. The minimum absolute atomic E-state index is 0.0318. The molecule has 0 radical (unpaired) electrons. The number of urea groups is 1. The number of para-hydroxylation sites is 3. The second-order valence-electron chi connectivity index (χ2n) is 9.82. The molecule has 1 fully saturated rings. The first kappa shape index (κ1) is 27.6. The molecule has 0 atom stereocenters. The summed E-state index contributed by atoms with van der Waals surface area (Å²) in [6.07, 6.45) is 2.19. The van der Waals surface area contributed by atoms with Gasteiger partial charge in [0.1, 0.15) is 10.7 Å². The first-order valence-electron chi connectivity index (χ1n) is 13.5. The van der Waals surface area contributed by atoms with Crippen molar-refractivity contribution in [3.05, 3.63) is 80.7 Å². The van der Waals surface area contributed by atoms with E-state index in [0.29, 0.717) is 49.8 Å². The summed E-state index contributed by atoms with van der Waals surface area (Å²) in [6.45, 7) is 4.18. The molecule has 1 saturated heterocycles. The molecule has 1 aliphatic heterocycles.